The van der Waals surface area contributed by atoms with Gasteiger partial charge in [0.2, 0.25) is 0 Å². The van der Waals surface area contributed by atoms with Crippen LogP contribution >= 0.6 is 7.52 Å². The molecule has 1 heterocycles. The van der Waals surface area contributed by atoms with Crippen LogP contribution in [0.15, 0.2) is 30.3 Å². The lowest BCUT2D eigenvalue weighted by molar-refractivity contribution is -0.161. The number of nitrogens with zero attached hydrogens (tertiary/aromatic N) is 1. The zero-order valence-corrected chi connectivity index (χ0v) is 16.0. The standard InChI is InChI=1S/C18H27N2O5P/c1-20(14-17(21)25-18(22)16-11-7-12-19-16)26(23,24)13-6-5-10-15-8-3-2-4-9-15/h2-4,8-9,16,19H,5-7,10-14H2,1H3,(H,23,24)/t16-/m0/s1. The smallest absolute Gasteiger partial charge is 0.330 e. The first-order valence-corrected chi connectivity index (χ1v) is 10.7. The molecule has 0 spiro atoms. The lowest BCUT2D eigenvalue weighted by Crippen LogP contribution is -2.36. The molecule has 1 saturated heterocycles. The van der Waals surface area contributed by atoms with Gasteiger partial charge >= 0.3 is 11.9 Å². The largest absolute Gasteiger partial charge is 0.391 e. The summed E-state index contributed by atoms with van der Waals surface area (Å²) in [4.78, 5) is 33.8. The Labute approximate surface area is 154 Å². The Morgan fingerprint density at radius 1 is 1.31 bits per heavy atom. The van der Waals surface area contributed by atoms with Crippen LogP contribution in [-0.2, 0) is 25.3 Å². The number of hydrogen-bond donors (Lipinski definition) is 2. The van der Waals surface area contributed by atoms with Crippen LogP contribution in [0.3, 0.4) is 0 Å². The Morgan fingerprint density at radius 2 is 2.04 bits per heavy atom. The van der Waals surface area contributed by atoms with Crippen LogP contribution in [0.4, 0.5) is 0 Å². The van der Waals surface area contributed by atoms with Crippen LogP contribution in [0.5, 0.6) is 0 Å². The molecule has 26 heavy (non-hydrogen) atoms. The second-order valence-corrected chi connectivity index (χ2v) is 9.05. The van der Waals surface area contributed by atoms with E-state index in [0.717, 1.165) is 30.5 Å². The molecule has 0 aromatic heterocycles. The lowest BCUT2D eigenvalue weighted by Gasteiger charge is -2.22. The van der Waals surface area contributed by atoms with Gasteiger partial charge in [0, 0.05) is 6.16 Å². The molecule has 1 aromatic rings. The second kappa shape index (κ2) is 9.97. The SMILES string of the molecule is CN(CC(=O)OC(=O)[C@@H]1CCCN1)P(=O)(O)CCCCc1ccccc1. The summed E-state index contributed by atoms with van der Waals surface area (Å²) in [6.45, 7) is 0.341. The van der Waals surface area contributed by atoms with E-state index in [1.807, 2.05) is 30.3 Å². The van der Waals surface area contributed by atoms with Crippen LogP contribution < -0.4 is 5.32 Å². The number of nitrogens with one attached hydrogen (secondary N) is 1. The molecule has 144 valence electrons. The first kappa shape index (κ1) is 20.8. The van der Waals surface area contributed by atoms with Gasteiger partial charge in [0.15, 0.2) is 0 Å². The van der Waals surface area contributed by atoms with Crippen molar-refractivity contribution in [1.82, 2.24) is 9.99 Å². The fourth-order valence-electron chi connectivity index (χ4n) is 2.86. The van der Waals surface area contributed by atoms with Gasteiger partial charge in [-0.25, -0.2) is 9.46 Å². The molecule has 1 aliphatic heterocycles. The van der Waals surface area contributed by atoms with E-state index in [9.17, 15) is 19.0 Å². The summed E-state index contributed by atoms with van der Waals surface area (Å²) in [6.07, 6.45) is 3.81. The van der Waals surface area contributed by atoms with Gasteiger partial charge in [-0.2, -0.15) is 0 Å². The van der Waals surface area contributed by atoms with E-state index in [4.69, 9.17) is 4.74 Å². The first-order chi connectivity index (χ1) is 12.4. The molecule has 2 N–H and O–H groups in total. The summed E-state index contributed by atoms with van der Waals surface area (Å²) in [5.74, 6) is -1.42. The van der Waals surface area contributed by atoms with Crippen LogP contribution in [0, 0.1) is 0 Å². The van der Waals surface area contributed by atoms with Gasteiger partial charge in [0.05, 0.1) is 0 Å². The van der Waals surface area contributed by atoms with Crippen molar-refractivity contribution in [2.45, 2.75) is 38.1 Å². The lowest BCUT2D eigenvalue weighted by atomic mass is 10.1. The molecule has 2 rings (SSSR count). The highest BCUT2D eigenvalue weighted by atomic mass is 31.2. The molecule has 0 radical (unpaired) electrons. The van der Waals surface area contributed by atoms with Crippen molar-refractivity contribution in [2.75, 3.05) is 26.3 Å². The monoisotopic (exact) mass is 382 g/mol. The molecule has 2 atom stereocenters. The zero-order valence-electron chi connectivity index (χ0n) is 15.1. The Hall–Kier alpha value is -1.53. The van der Waals surface area contributed by atoms with E-state index in [-0.39, 0.29) is 12.7 Å². The molecular formula is C18H27N2O5P. The molecule has 1 fully saturated rings. The summed E-state index contributed by atoms with van der Waals surface area (Å²) in [7, 11) is -2.22. The average Bonchev–Trinajstić information content (AvgIpc) is 3.14. The summed E-state index contributed by atoms with van der Waals surface area (Å²) < 4.78 is 18.2. The summed E-state index contributed by atoms with van der Waals surface area (Å²) in [5, 5.41) is 2.95. The van der Waals surface area contributed by atoms with Gasteiger partial charge in [-0.3, -0.25) is 9.36 Å². The second-order valence-electron chi connectivity index (χ2n) is 6.59. The van der Waals surface area contributed by atoms with Crippen molar-refractivity contribution >= 4 is 19.5 Å². The van der Waals surface area contributed by atoms with Crippen LogP contribution in [0.1, 0.15) is 31.2 Å². The maximum Gasteiger partial charge on any atom is 0.330 e. The minimum Gasteiger partial charge on any atom is -0.391 e. The van der Waals surface area contributed by atoms with Gasteiger partial charge in [0.1, 0.15) is 12.6 Å². The van der Waals surface area contributed by atoms with E-state index in [2.05, 4.69) is 5.32 Å². The van der Waals surface area contributed by atoms with E-state index < -0.39 is 25.5 Å². The van der Waals surface area contributed by atoms with Crippen molar-refractivity contribution < 1.29 is 23.8 Å². The van der Waals surface area contributed by atoms with Gasteiger partial charge in [-0.15, -0.1) is 0 Å². The van der Waals surface area contributed by atoms with Gasteiger partial charge < -0.3 is 14.9 Å². The van der Waals surface area contributed by atoms with Crippen molar-refractivity contribution in [3.63, 3.8) is 0 Å². The highest BCUT2D eigenvalue weighted by molar-refractivity contribution is 7.55. The number of rotatable bonds is 9. The number of likely N-dealkylation sites (N-methyl/N-ethyl adjacent to an activating group) is 1. The number of carbonyl (C=O) groups excluding carboxylic acids is 2. The Bertz CT molecular complexity index is 646. The summed E-state index contributed by atoms with van der Waals surface area (Å²) >= 11 is 0. The molecule has 0 bridgehead atoms. The van der Waals surface area contributed by atoms with Crippen molar-refractivity contribution in [1.29, 1.82) is 0 Å². The molecule has 0 aliphatic carbocycles. The fourth-order valence-corrected chi connectivity index (χ4v) is 4.17. The molecule has 1 aromatic carbocycles. The number of benzene rings is 1. The molecule has 1 unspecified atom stereocenters. The molecule has 0 saturated carbocycles. The highest BCUT2D eigenvalue weighted by Gasteiger charge is 2.29. The third-order valence-corrected chi connectivity index (χ3v) is 6.57. The number of esters is 2. The molecule has 8 heteroatoms. The van der Waals surface area contributed by atoms with Gasteiger partial charge in [-0.05, 0) is 51.3 Å². The van der Waals surface area contributed by atoms with Crippen LogP contribution in [0.25, 0.3) is 0 Å². The van der Waals surface area contributed by atoms with Crippen molar-refractivity contribution in [2.24, 2.45) is 0 Å². The molecule has 1 aliphatic rings. The zero-order chi connectivity index (χ0) is 19.0. The first-order valence-electron chi connectivity index (χ1n) is 8.94. The number of unbranched alkanes of at least 4 members (excludes halogenated alkanes) is 1. The van der Waals surface area contributed by atoms with Crippen LogP contribution in [-0.4, -0.2) is 53.8 Å². The van der Waals surface area contributed by atoms with Gasteiger partial charge in [0.25, 0.3) is 7.52 Å². The van der Waals surface area contributed by atoms with Crippen LogP contribution in [0.2, 0.25) is 0 Å². The quantitative estimate of drug-likeness (QED) is 0.292. The van der Waals surface area contributed by atoms with Crippen molar-refractivity contribution in [3.8, 4) is 0 Å². The predicted octanol–water partition coefficient (Wildman–Crippen LogP) is 1.95. The molecule has 7 nitrogen and oxygen atoms in total. The average molecular weight is 382 g/mol. The topological polar surface area (TPSA) is 95.9 Å². The van der Waals surface area contributed by atoms with E-state index in [0.29, 0.717) is 12.8 Å². The maximum atomic E-state index is 12.4. The number of carbonyl (C=O) groups is 2. The predicted molar refractivity (Wildman–Crippen MR) is 98.8 cm³/mol. The fraction of sp³-hybridized carbons (Fsp3) is 0.556. The normalized spacial score (nSPS) is 19.3. The van der Waals surface area contributed by atoms with E-state index in [1.165, 1.54) is 12.6 Å². The van der Waals surface area contributed by atoms with Crippen molar-refractivity contribution in [3.05, 3.63) is 35.9 Å². The molecule has 0 amide bonds. The maximum absolute atomic E-state index is 12.4. The van der Waals surface area contributed by atoms with E-state index >= 15 is 0 Å². The molecular weight excluding hydrogens is 355 g/mol. The minimum absolute atomic E-state index is 0.0989. The minimum atomic E-state index is -3.62. The Morgan fingerprint density at radius 3 is 2.69 bits per heavy atom. The number of hydrogen-bond acceptors (Lipinski definition) is 5. The Balaban J connectivity index is 1.70. The van der Waals surface area contributed by atoms with Gasteiger partial charge in [-0.1, -0.05) is 30.3 Å². The summed E-state index contributed by atoms with van der Waals surface area (Å²) in [5.41, 5.74) is 1.19. The number of ether oxygens (including phenoxy) is 1. The Kier molecular flexibility index (Phi) is 7.97. The summed E-state index contributed by atoms with van der Waals surface area (Å²) in [6, 6.07) is 9.48. The van der Waals surface area contributed by atoms with E-state index in [1.54, 1.807) is 0 Å². The third-order valence-electron chi connectivity index (χ3n) is 4.46. The highest BCUT2D eigenvalue weighted by Crippen LogP contribution is 2.44. The third kappa shape index (κ3) is 6.65. The number of aryl methyl sites for hydroxylation is 1.